The van der Waals surface area contributed by atoms with Crippen molar-refractivity contribution < 1.29 is 9.53 Å². The standard InChI is InChI=1S/C15H22N2O2S/c1-3-11(2)9-17-15(18)12-4-6-16-14(8-12)19-13-5-7-20-10-13/h4,6,8,11,13H,3,5,7,9-10H2,1-2H3,(H,17,18). The Kier molecular flexibility index (Phi) is 5.71. The van der Waals surface area contributed by atoms with Gasteiger partial charge in [-0.05, 0) is 24.2 Å². The molecule has 0 bridgehead atoms. The van der Waals surface area contributed by atoms with Crippen LogP contribution in [0.4, 0.5) is 0 Å². The van der Waals surface area contributed by atoms with Crippen molar-refractivity contribution >= 4 is 17.7 Å². The lowest BCUT2D eigenvalue weighted by Crippen LogP contribution is -2.28. The van der Waals surface area contributed by atoms with E-state index in [0.29, 0.717) is 23.9 Å². The molecule has 1 N–H and O–H groups in total. The number of ether oxygens (including phenoxy) is 1. The molecular weight excluding hydrogens is 272 g/mol. The van der Waals surface area contributed by atoms with E-state index in [1.807, 2.05) is 11.8 Å². The van der Waals surface area contributed by atoms with Crippen LogP contribution in [0.2, 0.25) is 0 Å². The van der Waals surface area contributed by atoms with Crippen molar-refractivity contribution in [2.45, 2.75) is 32.8 Å². The maximum Gasteiger partial charge on any atom is 0.251 e. The second-order valence-electron chi connectivity index (χ2n) is 5.21. The summed E-state index contributed by atoms with van der Waals surface area (Å²) >= 11 is 1.89. The summed E-state index contributed by atoms with van der Waals surface area (Å²) in [6, 6.07) is 3.46. The Morgan fingerprint density at radius 2 is 2.50 bits per heavy atom. The number of nitrogens with zero attached hydrogens (tertiary/aromatic N) is 1. The minimum atomic E-state index is -0.0571. The van der Waals surface area contributed by atoms with Crippen LogP contribution in [-0.4, -0.2) is 35.0 Å². The van der Waals surface area contributed by atoms with Crippen molar-refractivity contribution in [3.05, 3.63) is 23.9 Å². The Morgan fingerprint density at radius 1 is 1.65 bits per heavy atom. The molecular formula is C15H22N2O2S. The van der Waals surface area contributed by atoms with Crippen LogP contribution >= 0.6 is 11.8 Å². The molecule has 2 rings (SSSR count). The number of hydrogen-bond donors (Lipinski definition) is 1. The third-order valence-electron chi connectivity index (χ3n) is 3.48. The monoisotopic (exact) mass is 294 g/mol. The average Bonchev–Trinajstić information content (AvgIpc) is 2.97. The first kappa shape index (κ1) is 15.2. The molecule has 2 heterocycles. The zero-order valence-corrected chi connectivity index (χ0v) is 12.9. The molecule has 20 heavy (non-hydrogen) atoms. The van der Waals surface area contributed by atoms with Crippen LogP contribution in [-0.2, 0) is 0 Å². The van der Waals surface area contributed by atoms with Gasteiger partial charge in [0.2, 0.25) is 5.88 Å². The Morgan fingerprint density at radius 3 is 3.20 bits per heavy atom. The van der Waals surface area contributed by atoms with Gasteiger partial charge >= 0.3 is 0 Å². The zero-order chi connectivity index (χ0) is 14.4. The topological polar surface area (TPSA) is 51.2 Å². The van der Waals surface area contributed by atoms with Gasteiger partial charge in [0, 0.05) is 30.1 Å². The Hall–Kier alpha value is -1.23. The van der Waals surface area contributed by atoms with Crippen LogP contribution in [0.3, 0.4) is 0 Å². The fourth-order valence-corrected chi connectivity index (χ4v) is 3.00. The highest BCUT2D eigenvalue weighted by molar-refractivity contribution is 7.99. The molecule has 1 aliphatic heterocycles. The normalized spacial score (nSPS) is 19.6. The highest BCUT2D eigenvalue weighted by Crippen LogP contribution is 2.22. The fraction of sp³-hybridized carbons (Fsp3) is 0.600. The van der Waals surface area contributed by atoms with Crippen molar-refractivity contribution in [3.8, 4) is 5.88 Å². The maximum absolute atomic E-state index is 12.1. The van der Waals surface area contributed by atoms with Gasteiger partial charge in [0.15, 0.2) is 0 Å². The van der Waals surface area contributed by atoms with Crippen LogP contribution in [0.1, 0.15) is 37.0 Å². The van der Waals surface area contributed by atoms with Crippen molar-refractivity contribution in [2.75, 3.05) is 18.1 Å². The summed E-state index contributed by atoms with van der Waals surface area (Å²) in [5.41, 5.74) is 0.615. The number of nitrogens with one attached hydrogen (secondary N) is 1. The SMILES string of the molecule is CCC(C)CNC(=O)c1ccnc(OC2CCSC2)c1. The van der Waals surface area contributed by atoms with Crippen molar-refractivity contribution in [3.63, 3.8) is 0 Å². The van der Waals surface area contributed by atoms with Crippen LogP contribution in [0, 0.1) is 5.92 Å². The van der Waals surface area contributed by atoms with Crippen molar-refractivity contribution in [1.29, 1.82) is 0 Å². The largest absolute Gasteiger partial charge is 0.473 e. The van der Waals surface area contributed by atoms with E-state index in [0.717, 1.165) is 24.3 Å². The summed E-state index contributed by atoms with van der Waals surface area (Å²) in [5.74, 6) is 3.13. The number of rotatable bonds is 6. The number of aromatic nitrogens is 1. The number of carbonyl (C=O) groups is 1. The van der Waals surface area contributed by atoms with E-state index in [1.54, 1.807) is 18.3 Å². The molecule has 1 amide bonds. The third-order valence-corrected chi connectivity index (χ3v) is 4.61. The zero-order valence-electron chi connectivity index (χ0n) is 12.1. The van der Waals surface area contributed by atoms with E-state index >= 15 is 0 Å². The van der Waals surface area contributed by atoms with Gasteiger partial charge in [0.1, 0.15) is 6.10 Å². The molecule has 5 heteroatoms. The number of amides is 1. The maximum atomic E-state index is 12.1. The molecule has 0 aliphatic carbocycles. The van der Waals surface area contributed by atoms with Crippen molar-refractivity contribution in [1.82, 2.24) is 10.3 Å². The molecule has 1 aromatic rings. The predicted octanol–water partition coefficient (Wildman–Crippen LogP) is 2.74. The molecule has 2 atom stereocenters. The minimum Gasteiger partial charge on any atom is -0.473 e. The van der Waals surface area contributed by atoms with Gasteiger partial charge in [-0.3, -0.25) is 4.79 Å². The highest BCUT2D eigenvalue weighted by atomic mass is 32.2. The molecule has 110 valence electrons. The van der Waals surface area contributed by atoms with E-state index in [1.165, 1.54) is 0 Å². The Labute approximate surface area is 124 Å². The Balaban J connectivity index is 1.92. The highest BCUT2D eigenvalue weighted by Gasteiger charge is 2.18. The first-order valence-electron chi connectivity index (χ1n) is 7.17. The van der Waals surface area contributed by atoms with Gasteiger partial charge in [-0.15, -0.1) is 0 Å². The summed E-state index contributed by atoms with van der Waals surface area (Å²) in [6.07, 6.45) is 3.97. The number of hydrogen-bond acceptors (Lipinski definition) is 4. The summed E-state index contributed by atoms with van der Waals surface area (Å²) in [6.45, 7) is 4.95. The van der Waals surface area contributed by atoms with Gasteiger partial charge in [-0.25, -0.2) is 4.98 Å². The first-order valence-corrected chi connectivity index (χ1v) is 8.33. The number of thioether (sulfide) groups is 1. The van der Waals surface area contributed by atoms with Gasteiger partial charge in [-0.2, -0.15) is 11.8 Å². The van der Waals surface area contributed by atoms with Crippen LogP contribution in [0.15, 0.2) is 18.3 Å². The summed E-state index contributed by atoms with van der Waals surface area (Å²) in [5, 5.41) is 2.94. The van der Waals surface area contributed by atoms with Crippen LogP contribution < -0.4 is 10.1 Å². The lowest BCUT2D eigenvalue weighted by Gasteiger charge is -2.13. The average molecular weight is 294 g/mol. The van der Waals surface area contributed by atoms with E-state index in [2.05, 4.69) is 24.1 Å². The molecule has 1 fully saturated rings. The van der Waals surface area contributed by atoms with E-state index in [-0.39, 0.29) is 12.0 Å². The van der Waals surface area contributed by atoms with E-state index < -0.39 is 0 Å². The molecule has 0 saturated carbocycles. The predicted molar refractivity (Wildman–Crippen MR) is 82.4 cm³/mol. The smallest absolute Gasteiger partial charge is 0.251 e. The summed E-state index contributed by atoms with van der Waals surface area (Å²) in [4.78, 5) is 16.2. The molecule has 0 radical (unpaired) electrons. The minimum absolute atomic E-state index is 0.0571. The molecule has 1 aliphatic rings. The van der Waals surface area contributed by atoms with E-state index in [9.17, 15) is 4.79 Å². The van der Waals surface area contributed by atoms with E-state index in [4.69, 9.17) is 4.74 Å². The lowest BCUT2D eigenvalue weighted by atomic mass is 10.1. The molecule has 0 aromatic carbocycles. The second kappa shape index (κ2) is 7.53. The van der Waals surface area contributed by atoms with Crippen molar-refractivity contribution in [2.24, 2.45) is 5.92 Å². The van der Waals surface area contributed by atoms with Gasteiger partial charge < -0.3 is 10.1 Å². The van der Waals surface area contributed by atoms with Gasteiger partial charge in [-0.1, -0.05) is 20.3 Å². The fourth-order valence-electron chi connectivity index (χ4n) is 1.91. The third kappa shape index (κ3) is 4.40. The van der Waals surface area contributed by atoms with Gasteiger partial charge in [0.25, 0.3) is 5.91 Å². The summed E-state index contributed by atoms with van der Waals surface area (Å²) < 4.78 is 5.80. The molecule has 1 saturated heterocycles. The summed E-state index contributed by atoms with van der Waals surface area (Å²) in [7, 11) is 0. The van der Waals surface area contributed by atoms with Crippen LogP contribution in [0.5, 0.6) is 5.88 Å². The number of pyridine rings is 1. The number of carbonyl (C=O) groups excluding carboxylic acids is 1. The van der Waals surface area contributed by atoms with Gasteiger partial charge in [0.05, 0.1) is 0 Å². The first-order chi connectivity index (χ1) is 9.69. The lowest BCUT2D eigenvalue weighted by molar-refractivity contribution is 0.0946. The Bertz CT molecular complexity index is 447. The quantitative estimate of drug-likeness (QED) is 0.876. The molecule has 4 nitrogen and oxygen atoms in total. The van der Waals surface area contributed by atoms with Crippen LogP contribution in [0.25, 0.3) is 0 Å². The second-order valence-corrected chi connectivity index (χ2v) is 6.36. The molecule has 2 unspecified atom stereocenters. The molecule has 1 aromatic heterocycles. The molecule has 0 spiro atoms.